The Morgan fingerprint density at radius 1 is 1.37 bits per heavy atom. The minimum atomic E-state index is -4.45. The highest BCUT2D eigenvalue weighted by atomic mass is 32.1. The van der Waals surface area contributed by atoms with Crippen LogP contribution >= 0.6 is 11.3 Å². The van der Waals surface area contributed by atoms with Crippen LogP contribution in [-0.4, -0.2) is 52.2 Å². The molecule has 0 spiro atoms. The van der Waals surface area contributed by atoms with Gasteiger partial charge in [-0.2, -0.15) is 18.2 Å². The molecule has 0 unspecified atom stereocenters. The van der Waals surface area contributed by atoms with Gasteiger partial charge in [-0.3, -0.25) is 9.79 Å². The van der Waals surface area contributed by atoms with E-state index in [0.29, 0.717) is 22.9 Å². The van der Waals surface area contributed by atoms with Crippen molar-refractivity contribution in [1.82, 2.24) is 15.5 Å². The summed E-state index contributed by atoms with van der Waals surface area (Å²) in [5, 5.41) is 20.6. The number of benzene rings is 1. The molecule has 2 aromatic heterocycles. The third-order valence-electron chi connectivity index (χ3n) is 6.40. The smallest absolute Gasteiger partial charge is 0.393 e. The number of fused-ring (bicyclic) bond motifs is 1. The third-order valence-corrected chi connectivity index (χ3v) is 7.68. The Labute approximate surface area is 221 Å². The van der Waals surface area contributed by atoms with Gasteiger partial charge in [-0.05, 0) is 49.6 Å². The van der Waals surface area contributed by atoms with Gasteiger partial charge in [0, 0.05) is 25.5 Å². The molecule has 204 valence electrons. The minimum absolute atomic E-state index is 0.0130. The second-order valence-electron chi connectivity index (χ2n) is 9.50. The summed E-state index contributed by atoms with van der Waals surface area (Å²) in [7, 11) is 1.49. The van der Waals surface area contributed by atoms with E-state index in [4.69, 9.17) is 10.3 Å². The van der Waals surface area contributed by atoms with Crippen LogP contribution in [0.3, 0.4) is 0 Å². The van der Waals surface area contributed by atoms with Gasteiger partial charge in [-0.25, -0.2) is 0 Å². The van der Waals surface area contributed by atoms with Crippen LogP contribution in [-0.2, 0) is 17.8 Å². The summed E-state index contributed by atoms with van der Waals surface area (Å²) < 4.78 is 46.7. The van der Waals surface area contributed by atoms with Gasteiger partial charge in [0.05, 0.1) is 39.4 Å². The van der Waals surface area contributed by atoms with Crippen LogP contribution in [0.5, 0.6) is 0 Å². The highest BCUT2D eigenvalue weighted by Crippen LogP contribution is 2.44. The number of aromatic nitrogens is 2. The number of amides is 1. The largest absolute Gasteiger partial charge is 0.404 e. The lowest BCUT2D eigenvalue weighted by molar-refractivity contribution is -0.126. The Balaban J connectivity index is 1.62. The van der Waals surface area contributed by atoms with Crippen LogP contribution in [0.25, 0.3) is 20.8 Å². The average molecular weight is 551 g/mol. The lowest BCUT2D eigenvalue weighted by atomic mass is 9.83. The fourth-order valence-electron chi connectivity index (χ4n) is 4.44. The van der Waals surface area contributed by atoms with E-state index in [0.717, 1.165) is 36.1 Å². The van der Waals surface area contributed by atoms with Crippen molar-refractivity contribution in [3.63, 3.8) is 0 Å². The molecule has 0 bridgehead atoms. The fourth-order valence-corrected chi connectivity index (χ4v) is 5.66. The Morgan fingerprint density at radius 2 is 2.11 bits per heavy atom. The molecule has 1 aromatic carbocycles. The first kappa shape index (κ1) is 27.6. The molecule has 0 saturated heterocycles. The molecule has 0 aliphatic heterocycles. The van der Waals surface area contributed by atoms with Crippen molar-refractivity contribution in [1.29, 1.82) is 0 Å². The van der Waals surface area contributed by atoms with Gasteiger partial charge in [0.2, 0.25) is 11.7 Å². The number of hydrogen-bond acceptors (Lipinski definition) is 9. The maximum atomic E-state index is 13.6. The highest BCUT2D eigenvalue weighted by Gasteiger charge is 2.33. The zero-order chi connectivity index (χ0) is 27.5. The van der Waals surface area contributed by atoms with Crippen LogP contribution in [0.2, 0.25) is 0 Å². The summed E-state index contributed by atoms with van der Waals surface area (Å²) in [6.45, 7) is 1.68. The first-order valence-corrected chi connectivity index (χ1v) is 12.9. The minimum Gasteiger partial charge on any atom is -0.404 e. The van der Waals surface area contributed by atoms with Crippen molar-refractivity contribution < 1.29 is 27.6 Å². The number of aliphatic imine (C=N–C) groups is 1. The Bertz CT molecular complexity index is 1350. The molecule has 3 aromatic rings. The molecular formula is C25H29F3N6O3S. The Kier molecular flexibility index (Phi) is 8.07. The Morgan fingerprint density at radius 3 is 2.76 bits per heavy atom. The van der Waals surface area contributed by atoms with Crippen molar-refractivity contribution in [2.75, 3.05) is 12.4 Å². The van der Waals surface area contributed by atoms with Gasteiger partial charge in [-0.15, -0.1) is 11.3 Å². The van der Waals surface area contributed by atoms with Crippen molar-refractivity contribution in [2.24, 2.45) is 10.7 Å². The number of nitrogens with two attached hydrogens (primary N) is 1. The lowest BCUT2D eigenvalue weighted by Gasteiger charge is -2.34. The molecule has 1 aliphatic rings. The number of nitrogens with zero attached hydrogens (tertiary/aromatic N) is 3. The lowest BCUT2D eigenvalue weighted by Crippen LogP contribution is -2.35. The topological polar surface area (TPSA) is 139 Å². The number of halogens is 3. The van der Waals surface area contributed by atoms with Crippen LogP contribution in [0.1, 0.15) is 44.1 Å². The molecule has 5 N–H and O–H groups in total. The number of carbonyl (C=O) groups excluding carboxylic acids is 1. The maximum absolute atomic E-state index is 13.6. The van der Waals surface area contributed by atoms with Crippen molar-refractivity contribution in [3.8, 4) is 10.7 Å². The standard InChI is InChI=1S/C25H29F3N6O3S/c1-24(36)8-6-15(7-9-24)32-18-5-3-4-16-17(10-25(26,27)28)21(38-20(16)18)22-33-19(37-34-22)13-31-23(35)14(11-29)12-30-2/h3-5,11-12,15,32,36H,6-10,13,29H2,1-2H3,(H,31,35)/b14-11+,30-12?. The van der Waals surface area contributed by atoms with E-state index in [1.165, 1.54) is 13.3 Å². The second kappa shape index (κ2) is 11.1. The molecular weight excluding hydrogens is 521 g/mol. The predicted molar refractivity (Wildman–Crippen MR) is 140 cm³/mol. The molecule has 38 heavy (non-hydrogen) atoms. The van der Waals surface area contributed by atoms with Gasteiger partial charge in [0.1, 0.15) is 0 Å². The SMILES string of the molecule is CN=C/C(=C\N)C(=O)NCc1nc(-c2sc3c(NC4CCC(C)(O)CC4)cccc3c2CC(F)(F)F)no1. The van der Waals surface area contributed by atoms with Gasteiger partial charge in [0.15, 0.2) is 0 Å². The summed E-state index contributed by atoms with van der Waals surface area (Å²) in [5.74, 6) is -0.474. The summed E-state index contributed by atoms with van der Waals surface area (Å²) in [5.41, 5.74) is 5.65. The molecule has 13 heteroatoms. The highest BCUT2D eigenvalue weighted by molar-refractivity contribution is 7.23. The molecule has 9 nitrogen and oxygen atoms in total. The van der Waals surface area contributed by atoms with E-state index < -0.39 is 24.1 Å². The number of anilines is 1. The van der Waals surface area contributed by atoms with E-state index >= 15 is 0 Å². The van der Waals surface area contributed by atoms with Crippen molar-refractivity contribution in [2.45, 2.75) is 63.4 Å². The van der Waals surface area contributed by atoms with E-state index in [1.54, 1.807) is 12.1 Å². The summed E-state index contributed by atoms with van der Waals surface area (Å²) in [6, 6.07) is 5.32. The summed E-state index contributed by atoms with van der Waals surface area (Å²) in [4.78, 5) is 20.4. The number of carbonyl (C=O) groups is 1. The number of rotatable bonds is 8. The van der Waals surface area contributed by atoms with Crippen molar-refractivity contribution in [3.05, 3.63) is 41.4 Å². The fraction of sp³-hybridized carbons (Fsp3) is 0.440. The zero-order valence-corrected chi connectivity index (χ0v) is 21.7. The van der Waals surface area contributed by atoms with Gasteiger partial charge in [0.25, 0.3) is 5.91 Å². The molecule has 1 fully saturated rings. The van der Waals surface area contributed by atoms with Crippen LogP contribution in [0.15, 0.2) is 39.5 Å². The van der Waals surface area contributed by atoms with Crippen LogP contribution in [0, 0.1) is 0 Å². The van der Waals surface area contributed by atoms with Crippen molar-refractivity contribution >= 4 is 39.2 Å². The van der Waals surface area contributed by atoms with Crippen LogP contribution < -0.4 is 16.4 Å². The molecule has 1 saturated carbocycles. The predicted octanol–water partition coefficient (Wildman–Crippen LogP) is 4.32. The van der Waals surface area contributed by atoms with Gasteiger partial charge < -0.3 is 26.0 Å². The molecule has 4 rings (SSSR count). The molecule has 1 aliphatic carbocycles. The molecule has 1 amide bonds. The Hall–Kier alpha value is -3.45. The molecule has 0 atom stereocenters. The van der Waals surface area contributed by atoms with Gasteiger partial charge >= 0.3 is 6.18 Å². The van der Waals surface area contributed by atoms with E-state index in [9.17, 15) is 23.1 Å². The van der Waals surface area contributed by atoms with E-state index in [-0.39, 0.29) is 40.3 Å². The monoisotopic (exact) mass is 550 g/mol. The number of alkyl halides is 3. The number of hydrogen-bond donors (Lipinski definition) is 4. The quantitative estimate of drug-likeness (QED) is 0.242. The summed E-state index contributed by atoms with van der Waals surface area (Å²) >= 11 is 1.16. The number of nitrogens with one attached hydrogen (secondary N) is 2. The van der Waals surface area contributed by atoms with Crippen LogP contribution in [0.4, 0.5) is 18.9 Å². The second-order valence-corrected chi connectivity index (χ2v) is 10.5. The third kappa shape index (κ3) is 6.51. The van der Waals surface area contributed by atoms with E-state index in [1.807, 2.05) is 13.0 Å². The average Bonchev–Trinajstić information content (AvgIpc) is 3.47. The number of aliphatic hydroxyl groups is 1. The normalized spacial score (nSPS) is 20.8. The zero-order valence-electron chi connectivity index (χ0n) is 20.9. The molecule has 0 radical (unpaired) electrons. The van der Waals surface area contributed by atoms with Gasteiger partial charge in [-0.1, -0.05) is 17.3 Å². The molecule has 2 heterocycles. The first-order valence-electron chi connectivity index (χ1n) is 12.0. The maximum Gasteiger partial charge on any atom is 0.393 e. The first-order chi connectivity index (χ1) is 18.0. The summed E-state index contributed by atoms with van der Waals surface area (Å²) in [6.07, 6.45) is -0.422. The van der Waals surface area contributed by atoms with E-state index in [2.05, 4.69) is 25.8 Å². The number of thiophene rings is 1.